The normalized spacial score (nSPS) is 10.2. The molecule has 0 bridgehead atoms. The highest BCUT2D eigenvalue weighted by Gasteiger charge is 2.06. The SMILES string of the molecule is CCOCCNC(=O)COc1cc(Cl)ccc1Cl. The first-order valence-corrected chi connectivity index (χ1v) is 6.31. The topological polar surface area (TPSA) is 47.6 Å². The zero-order valence-electron chi connectivity index (χ0n) is 10.0. The maximum Gasteiger partial charge on any atom is 0.258 e. The lowest BCUT2D eigenvalue weighted by molar-refractivity contribution is -0.123. The van der Waals surface area contributed by atoms with E-state index in [0.717, 1.165) is 0 Å². The number of rotatable bonds is 7. The van der Waals surface area contributed by atoms with Crippen molar-refractivity contribution in [2.75, 3.05) is 26.4 Å². The summed E-state index contributed by atoms with van der Waals surface area (Å²) < 4.78 is 10.4. The molecule has 4 nitrogen and oxygen atoms in total. The summed E-state index contributed by atoms with van der Waals surface area (Å²) in [4.78, 5) is 11.4. The Morgan fingerprint density at radius 1 is 1.39 bits per heavy atom. The third kappa shape index (κ3) is 5.58. The predicted molar refractivity (Wildman–Crippen MR) is 71.5 cm³/mol. The Balaban J connectivity index is 2.31. The molecule has 100 valence electrons. The van der Waals surface area contributed by atoms with Gasteiger partial charge in [-0.05, 0) is 19.1 Å². The number of amides is 1. The second-order valence-corrected chi connectivity index (χ2v) is 4.25. The van der Waals surface area contributed by atoms with Gasteiger partial charge in [-0.15, -0.1) is 0 Å². The lowest BCUT2D eigenvalue weighted by atomic mass is 10.3. The third-order valence-corrected chi connectivity index (χ3v) is 2.57. The summed E-state index contributed by atoms with van der Waals surface area (Å²) in [6.07, 6.45) is 0. The van der Waals surface area contributed by atoms with E-state index in [2.05, 4.69) is 5.32 Å². The van der Waals surface area contributed by atoms with Crippen LogP contribution in [0, 0.1) is 0 Å². The van der Waals surface area contributed by atoms with Crippen LogP contribution in [-0.2, 0) is 9.53 Å². The molecule has 0 aliphatic rings. The lowest BCUT2D eigenvalue weighted by Gasteiger charge is -2.09. The number of halogens is 2. The van der Waals surface area contributed by atoms with E-state index in [1.54, 1.807) is 18.2 Å². The van der Waals surface area contributed by atoms with Gasteiger partial charge in [-0.25, -0.2) is 0 Å². The van der Waals surface area contributed by atoms with Crippen LogP contribution in [0.3, 0.4) is 0 Å². The molecule has 0 heterocycles. The Kier molecular flexibility index (Phi) is 6.86. The summed E-state index contributed by atoms with van der Waals surface area (Å²) >= 11 is 11.7. The number of nitrogens with one attached hydrogen (secondary N) is 1. The molecule has 18 heavy (non-hydrogen) atoms. The second kappa shape index (κ2) is 8.19. The molecule has 1 aromatic rings. The van der Waals surface area contributed by atoms with Gasteiger partial charge in [0.25, 0.3) is 5.91 Å². The van der Waals surface area contributed by atoms with Crippen molar-refractivity contribution in [2.24, 2.45) is 0 Å². The third-order valence-electron chi connectivity index (χ3n) is 2.02. The first-order valence-electron chi connectivity index (χ1n) is 5.55. The van der Waals surface area contributed by atoms with Gasteiger partial charge in [0.2, 0.25) is 0 Å². The number of benzene rings is 1. The molecule has 0 atom stereocenters. The number of hydrogen-bond donors (Lipinski definition) is 1. The van der Waals surface area contributed by atoms with Crippen molar-refractivity contribution in [3.63, 3.8) is 0 Å². The summed E-state index contributed by atoms with van der Waals surface area (Å²) in [5.41, 5.74) is 0. The second-order valence-electron chi connectivity index (χ2n) is 3.41. The lowest BCUT2D eigenvalue weighted by Crippen LogP contribution is -2.31. The van der Waals surface area contributed by atoms with E-state index in [1.807, 2.05) is 6.92 Å². The Morgan fingerprint density at radius 2 is 2.17 bits per heavy atom. The standard InChI is InChI=1S/C12H15Cl2NO3/c1-2-17-6-5-15-12(16)8-18-11-7-9(13)3-4-10(11)14/h3-4,7H,2,5-6,8H2,1H3,(H,15,16). The van der Waals surface area contributed by atoms with Gasteiger partial charge in [-0.2, -0.15) is 0 Å². The fraction of sp³-hybridized carbons (Fsp3) is 0.417. The molecule has 0 saturated heterocycles. The smallest absolute Gasteiger partial charge is 0.258 e. The minimum absolute atomic E-state index is 0.105. The number of carbonyl (C=O) groups is 1. The molecule has 0 aromatic heterocycles. The minimum Gasteiger partial charge on any atom is -0.482 e. The van der Waals surface area contributed by atoms with E-state index in [4.69, 9.17) is 32.7 Å². The van der Waals surface area contributed by atoms with Crippen LogP contribution >= 0.6 is 23.2 Å². The average Bonchev–Trinajstić information content (AvgIpc) is 2.36. The molecular formula is C12H15Cl2NO3. The van der Waals surface area contributed by atoms with Gasteiger partial charge in [-0.1, -0.05) is 23.2 Å². The maximum atomic E-state index is 11.4. The molecule has 0 aliphatic heterocycles. The fourth-order valence-electron chi connectivity index (χ4n) is 1.19. The van der Waals surface area contributed by atoms with Crippen molar-refractivity contribution in [2.45, 2.75) is 6.92 Å². The van der Waals surface area contributed by atoms with E-state index in [-0.39, 0.29) is 12.5 Å². The number of ether oxygens (including phenoxy) is 2. The zero-order valence-corrected chi connectivity index (χ0v) is 11.6. The molecule has 1 amide bonds. The molecule has 0 unspecified atom stereocenters. The highest BCUT2D eigenvalue weighted by Crippen LogP contribution is 2.27. The van der Waals surface area contributed by atoms with Crippen LogP contribution in [0.25, 0.3) is 0 Å². The van der Waals surface area contributed by atoms with Crippen LogP contribution in [-0.4, -0.2) is 32.3 Å². The quantitative estimate of drug-likeness (QED) is 0.786. The van der Waals surface area contributed by atoms with Crippen molar-refractivity contribution >= 4 is 29.1 Å². The summed E-state index contributed by atoms with van der Waals surface area (Å²) in [5, 5.41) is 3.58. The Bertz CT molecular complexity index is 399. The zero-order chi connectivity index (χ0) is 13.4. The summed E-state index contributed by atoms with van der Waals surface area (Å²) in [5.74, 6) is 0.162. The molecule has 0 aliphatic carbocycles. The Hall–Kier alpha value is -0.970. The van der Waals surface area contributed by atoms with Crippen LogP contribution in [0.2, 0.25) is 10.0 Å². The number of hydrogen-bond acceptors (Lipinski definition) is 3. The van der Waals surface area contributed by atoms with Crippen LogP contribution < -0.4 is 10.1 Å². The maximum absolute atomic E-state index is 11.4. The predicted octanol–water partition coefficient (Wildman–Crippen LogP) is 2.52. The molecule has 1 aromatic carbocycles. The summed E-state index contributed by atoms with van der Waals surface area (Å²) in [6, 6.07) is 4.84. The fourth-order valence-corrected chi connectivity index (χ4v) is 1.52. The highest BCUT2D eigenvalue weighted by molar-refractivity contribution is 6.34. The van der Waals surface area contributed by atoms with Crippen LogP contribution in [0.4, 0.5) is 0 Å². The monoisotopic (exact) mass is 291 g/mol. The van der Waals surface area contributed by atoms with Crippen LogP contribution in [0.5, 0.6) is 5.75 Å². The molecule has 6 heteroatoms. The molecule has 0 spiro atoms. The first-order chi connectivity index (χ1) is 8.63. The van der Waals surface area contributed by atoms with Gasteiger partial charge in [0.1, 0.15) is 5.75 Å². The minimum atomic E-state index is -0.231. The van der Waals surface area contributed by atoms with E-state index in [0.29, 0.717) is 35.6 Å². The number of carbonyl (C=O) groups excluding carboxylic acids is 1. The van der Waals surface area contributed by atoms with E-state index in [1.165, 1.54) is 0 Å². The van der Waals surface area contributed by atoms with Gasteiger partial charge in [-0.3, -0.25) is 4.79 Å². The van der Waals surface area contributed by atoms with Crippen molar-refractivity contribution in [1.29, 1.82) is 0 Å². The van der Waals surface area contributed by atoms with E-state index in [9.17, 15) is 4.79 Å². The van der Waals surface area contributed by atoms with Crippen molar-refractivity contribution < 1.29 is 14.3 Å². The van der Waals surface area contributed by atoms with E-state index >= 15 is 0 Å². The van der Waals surface area contributed by atoms with Gasteiger partial charge in [0.05, 0.1) is 11.6 Å². The highest BCUT2D eigenvalue weighted by atomic mass is 35.5. The van der Waals surface area contributed by atoms with Crippen molar-refractivity contribution in [3.8, 4) is 5.75 Å². The first kappa shape index (κ1) is 15.1. The van der Waals surface area contributed by atoms with Crippen molar-refractivity contribution in [3.05, 3.63) is 28.2 Å². The Morgan fingerprint density at radius 3 is 2.89 bits per heavy atom. The molecule has 0 radical (unpaired) electrons. The summed E-state index contributed by atoms with van der Waals surface area (Å²) in [6.45, 7) is 3.36. The van der Waals surface area contributed by atoms with Gasteiger partial charge < -0.3 is 14.8 Å². The van der Waals surface area contributed by atoms with Crippen molar-refractivity contribution in [1.82, 2.24) is 5.32 Å². The van der Waals surface area contributed by atoms with Crippen LogP contribution in [0.15, 0.2) is 18.2 Å². The van der Waals surface area contributed by atoms with Gasteiger partial charge >= 0.3 is 0 Å². The van der Waals surface area contributed by atoms with Gasteiger partial charge in [0.15, 0.2) is 6.61 Å². The summed E-state index contributed by atoms with van der Waals surface area (Å²) in [7, 11) is 0. The average molecular weight is 292 g/mol. The van der Waals surface area contributed by atoms with Gasteiger partial charge in [0, 0.05) is 24.2 Å². The Labute approximate surface area is 116 Å². The largest absolute Gasteiger partial charge is 0.482 e. The molecular weight excluding hydrogens is 277 g/mol. The molecule has 1 rings (SSSR count). The molecule has 0 saturated carbocycles. The molecule has 0 fully saturated rings. The van der Waals surface area contributed by atoms with Crippen LogP contribution in [0.1, 0.15) is 6.92 Å². The van der Waals surface area contributed by atoms with E-state index < -0.39 is 0 Å². The molecule has 1 N–H and O–H groups in total.